The molecule has 0 atom stereocenters. The molecule has 0 radical (unpaired) electrons. The van der Waals surface area contributed by atoms with Gasteiger partial charge in [-0.2, -0.15) is 0 Å². The molecule has 0 bridgehead atoms. The minimum absolute atomic E-state index is 0.240. The molecule has 5 nitrogen and oxygen atoms in total. The second-order valence-electron chi connectivity index (χ2n) is 3.74. The minimum Gasteiger partial charge on any atom is -0.497 e. The van der Waals surface area contributed by atoms with Crippen molar-refractivity contribution in [3.63, 3.8) is 0 Å². The van der Waals surface area contributed by atoms with Crippen molar-refractivity contribution in [3.05, 3.63) is 33.2 Å². The number of methoxy groups -OCH3 is 1. The lowest BCUT2D eigenvalue weighted by Crippen LogP contribution is -1.94. The molecule has 0 aliphatic heterocycles. The van der Waals surface area contributed by atoms with E-state index in [-0.39, 0.29) is 4.88 Å². The number of aromatic nitrogens is 1. The Morgan fingerprint density at radius 2 is 2.21 bits per heavy atom. The van der Waals surface area contributed by atoms with E-state index < -0.39 is 5.97 Å². The van der Waals surface area contributed by atoms with Crippen LogP contribution in [-0.2, 0) is 0 Å². The normalized spacial score (nSPS) is 10.3. The van der Waals surface area contributed by atoms with E-state index in [1.807, 2.05) is 18.2 Å². The van der Waals surface area contributed by atoms with Crippen LogP contribution in [0.3, 0.4) is 0 Å². The van der Waals surface area contributed by atoms with Crippen molar-refractivity contribution >= 4 is 44.1 Å². The zero-order chi connectivity index (χ0) is 14.0. The smallest absolute Gasteiger partial charge is 0.347 e. The Morgan fingerprint density at radius 1 is 1.47 bits per heavy atom. The molecule has 0 unspecified atom stereocenters. The van der Waals surface area contributed by atoms with E-state index in [9.17, 15) is 4.79 Å². The van der Waals surface area contributed by atoms with Gasteiger partial charge in [0.2, 0.25) is 0 Å². The molecule has 0 aliphatic carbocycles. The number of nitrogens with one attached hydrogen (secondary N) is 1. The fourth-order valence-electron chi connectivity index (χ4n) is 1.52. The molecule has 2 rings (SSSR count). The summed E-state index contributed by atoms with van der Waals surface area (Å²) in [7, 11) is 1.58. The monoisotopic (exact) mass is 342 g/mol. The number of carbonyl (C=O) groups is 1. The van der Waals surface area contributed by atoms with Crippen molar-refractivity contribution in [2.45, 2.75) is 6.92 Å². The first kappa shape index (κ1) is 13.8. The van der Waals surface area contributed by atoms with Gasteiger partial charge in [-0.1, -0.05) is 27.3 Å². The van der Waals surface area contributed by atoms with Gasteiger partial charge in [0.25, 0.3) is 0 Å². The average molecular weight is 343 g/mol. The molecule has 2 N–H and O–H groups in total. The van der Waals surface area contributed by atoms with Crippen LogP contribution in [0.1, 0.15) is 15.4 Å². The van der Waals surface area contributed by atoms with Gasteiger partial charge in [0.05, 0.1) is 12.8 Å². The number of anilines is 2. The van der Waals surface area contributed by atoms with Gasteiger partial charge in [-0.3, -0.25) is 0 Å². The van der Waals surface area contributed by atoms with Crippen molar-refractivity contribution in [2.24, 2.45) is 0 Å². The van der Waals surface area contributed by atoms with Gasteiger partial charge in [-0.15, -0.1) is 0 Å². The molecule has 0 saturated carbocycles. The minimum atomic E-state index is -0.963. The van der Waals surface area contributed by atoms with Gasteiger partial charge in [0, 0.05) is 16.2 Å². The second kappa shape index (κ2) is 5.58. The van der Waals surface area contributed by atoms with E-state index in [1.165, 1.54) is 0 Å². The van der Waals surface area contributed by atoms with Crippen LogP contribution in [0.4, 0.5) is 10.8 Å². The van der Waals surface area contributed by atoms with Crippen LogP contribution in [0.5, 0.6) is 5.75 Å². The number of aromatic carboxylic acids is 1. The number of benzene rings is 1. The summed E-state index contributed by atoms with van der Waals surface area (Å²) >= 11 is 4.48. The van der Waals surface area contributed by atoms with E-state index in [4.69, 9.17) is 9.84 Å². The van der Waals surface area contributed by atoms with Crippen LogP contribution in [0.15, 0.2) is 22.7 Å². The second-order valence-corrected chi connectivity index (χ2v) is 5.66. The maximum atomic E-state index is 11.0. The Labute approximate surface area is 122 Å². The van der Waals surface area contributed by atoms with Crippen molar-refractivity contribution in [1.82, 2.24) is 4.98 Å². The Morgan fingerprint density at radius 3 is 2.79 bits per heavy atom. The van der Waals surface area contributed by atoms with E-state index in [0.717, 1.165) is 21.5 Å². The number of hydrogen-bond donors (Lipinski definition) is 2. The number of ether oxygens (including phenoxy) is 1. The van der Waals surface area contributed by atoms with Crippen molar-refractivity contribution in [3.8, 4) is 5.75 Å². The van der Waals surface area contributed by atoms with E-state index in [2.05, 4.69) is 26.2 Å². The molecule has 19 heavy (non-hydrogen) atoms. The molecule has 0 spiro atoms. The highest BCUT2D eigenvalue weighted by atomic mass is 79.9. The summed E-state index contributed by atoms with van der Waals surface area (Å²) in [6.07, 6.45) is 0. The Balaban J connectivity index is 2.28. The molecule has 0 aliphatic rings. The highest BCUT2D eigenvalue weighted by Gasteiger charge is 2.14. The summed E-state index contributed by atoms with van der Waals surface area (Å²) in [4.78, 5) is 15.4. The van der Waals surface area contributed by atoms with E-state index in [0.29, 0.717) is 16.6 Å². The number of carboxylic acids is 1. The first-order valence-electron chi connectivity index (χ1n) is 5.32. The van der Waals surface area contributed by atoms with E-state index in [1.54, 1.807) is 14.0 Å². The van der Waals surface area contributed by atoms with Gasteiger partial charge in [-0.25, -0.2) is 9.78 Å². The number of aryl methyl sites for hydroxylation is 1. The summed E-state index contributed by atoms with van der Waals surface area (Å²) in [6.45, 7) is 1.67. The quantitative estimate of drug-likeness (QED) is 0.886. The SMILES string of the molecule is COc1cc(Br)cc(Nc2nc(C)c(C(=O)O)s2)c1. The summed E-state index contributed by atoms with van der Waals surface area (Å²) in [5.74, 6) is -0.265. The standard InChI is InChI=1S/C12H11BrN2O3S/c1-6-10(11(16)17)19-12(14-6)15-8-3-7(13)4-9(5-8)18-2/h3-5H,1-2H3,(H,14,15)(H,16,17). The van der Waals surface area contributed by atoms with Crippen LogP contribution in [0.25, 0.3) is 0 Å². The first-order valence-corrected chi connectivity index (χ1v) is 6.93. The summed E-state index contributed by atoms with van der Waals surface area (Å²) in [5, 5.41) is 12.6. The third kappa shape index (κ3) is 3.24. The van der Waals surface area contributed by atoms with Gasteiger partial charge < -0.3 is 15.2 Å². The highest BCUT2D eigenvalue weighted by molar-refractivity contribution is 9.10. The predicted octanol–water partition coefficient (Wildman–Crippen LogP) is 3.66. The topological polar surface area (TPSA) is 71.5 Å². The van der Waals surface area contributed by atoms with Gasteiger partial charge in [0.15, 0.2) is 5.13 Å². The lowest BCUT2D eigenvalue weighted by molar-refractivity contribution is 0.0701. The van der Waals surface area contributed by atoms with Crippen LogP contribution in [0.2, 0.25) is 0 Å². The van der Waals surface area contributed by atoms with Crippen LogP contribution in [0, 0.1) is 6.92 Å². The number of halogens is 1. The summed E-state index contributed by atoms with van der Waals surface area (Å²) in [5.41, 5.74) is 1.28. The molecule has 100 valence electrons. The summed E-state index contributed by atoms with van der Waals surface area (Å²) in [6, 6.07) is 5.50. The van der Waals surface area contributed by atoms with Gasteiger partial charge >= 0.3 is 5.97 Å². The zero-order valence-electron chi connectivity index (χ0n) is 10.2. The molecule has 7 heteroatoms. The molecular weight excluding hydrogens is 332 g/mol. The highest BCUT2D eigenvalue weighted by Crippen LogP contribution is 2.29. The molecule has 0 amide bonds. The molecule has 1 heterocycles. The number of thiazole rings is 1. The largest absolute Gasteiger partial charge is 0.497 e. The Hall–Kier alpha value is -1.60. The van der Waals surface area contributed by atoms with Crippen LogP contribution >= 0.6 is 27.3 Å². The first-order chi connectivity index (χ1) is 8.99. The predicted molar refractivity (Wildman–Crippen MR) is 77.8 cm³/mol. The van der Waals surface area contributed by atoms with Crippen molar-refractivity contribution in [1.29, 1.82) is 0 Å². The van der Waals surface area contributed by atoms with E-state index >= 15 is 0 Å². The third-order valence-corrected chi connectivity index (χ3v) is 3.87. The Bertz CT molecular complexity index is 627. The number of carboxylic acid groups (broad SMARTS) is 1. The Kier molecular flexibility index (Phi) is 4.06. The van der Waals surface area contributed by atoms with Crippen molar-refractivity contribution < 1.29 is 14.6 Å². The third-order valence-electron chi connectivity index (χ3n) is 2.35. The fraction of sp³-hybridized carbons (Fsp3) is 0.167. The summed E-state index contributed by atoms with van der Waals surface area (Å²) < 4.78 is 6.02. The number of hydrogen-bond acceptors (Lipinski definition) is 5. The molecule has 1 aromatic carbocycles. The molecule has 0 saturated heterocycles. The van der Waals surface area contributed by atoms with Gasteiger partial charge in [0.1, 0.15) is 10.6 Å². The van der Waals surface area contributed by atoms with Gasteiger partial charge in [-0.05, 0) is 19.1 Å². The maximum Gasteiger partial charge on any atom is 0.347 e. The van der Waals surface area contributed by atoms with Crippen LogP contribution in [-0.4, -0.2) is 23.2 Å². The fourth-order valence-corrected chi connectivity index (χ4v) is 2.82. The average Bonchev–Trinajstić information content (AvgIpc) is 2.69. The molecule has 2 aromatic rings. The lowest BCUT2D eigenvalue weighted by atomic mass is 10.3. The molecule has 1 aromatic heterocycles. The lowest BCUT2D eigenvalue weighted by Gasteiger charge is -2.06. The zero-order valence-corrected chi connectivity index (χ0v) is 12.6. The van der Waals surface area contributed by atoms with Crippen molar-refractivity contribution in [2.75, 3.05) is 12.4 Å². The molecular formula is C12H11BrN2O3S. The maximum absolute atomic E-state index is 11.0. The van der Waals surface area contributed by atoms with Crippen LogP contribution < -0.4 is 10.1 Å². The number of rotatable bonds is 4. The number of nitrogens with zero attached hydrogens (tertiary/aromatic N) is 1. The molecule has 0 fully saturated rings.